The van der Waals surface area contributed by atoms with Crippen LogP contribution in [0.2, 0.25) is 0 Å². The van der Waals surface area contributed by atoms with Gasteiger partial charge in [0, 0.05) is 11.1 Å². The fourth-order valence-corrected chi connectivity index (χ4v) is 1.53. The number of aromatic nitrogens is 1. The number of nitrogens with two attached hydrogens (primary N) is 1. The van der Waals surface area contributed by atoms with Crippen molar-refractivity contribution in [2.45, 2.75) is 0 Å². The number of methoxy groups -OCH3 is 1. The lowest BCUT2D eigenvalue weighted by atomic mass is 10.1. The Morgan fingerprint density at radius 3 is 2.65 bits per heavy atom. The van der Waals surface area contributed by atoms with Crippen LogP contribution in [0.15, 0.2) is 30.5 Å². The summed E-state index contributed by atoms with van der Waals surface area (Å²) in [4.78, 5) is 3.91. The third-order valence-corrected chi connectivity index (χ3v) is 2.28. The Balaban J connectivity index is 2.66. The first-order chi connectivity index (χ1) is 8.11. The minimum atomic E-state index is -0.558. The van der Waals surface area contributed by atoms with Gasteiger partial charge < -0.3 is 10.5 Å². The van der Waals surface area contributed by atoms with Crippen LogP contribution in [0.4, 0.5) is 14.5 Å². The van der Waals surface area contributed by atoms with Crippen molar-refractivity contribution in [2.75, 3.05) is 12.8 Å². The lowest BCUT2D eigenvalue weighted by molar-refractivity contribution is 0.399. The van der Waals surface area contributed by atoms with E-state index in [1.807, 2.05) is 0 Å². The number of ether oxygens (including phenoxy) is 1. The second kappa shape index (κ2) is 4.37. The molecule has 88 valence electrons. The highest BCUT2D eigenvalue weighted by Crippen LogP contribution is 2.31. The zero-order valence-electron chi connectivity index (χ0n) is 9.08. The molecule has 1 aromatic heterocycles. The molecule has 17 heavy (non-hydrogen) atoms. The summed E-state index contributed by atoms with van der Waals surface area (Å²) in [6.45, 7) is 0. The molecule has 0 saturated heterocycles. The quantitative estimate of drug-likeness (QED) is 0.871. The molecule has 1 aromatic carbocycles. The van der Waals surface area contributed by atoms with Crippen LogP contribution in [0.3, 0.4) is 0 Å². The van der Waals surface area contributed by atoms with Gasteiger partial charge in [0.2, 0.25) is 5.88 Å². The summed E-state index contributed by atoms with van der Waals surface area (Å²) in [6, 6.07) is 4.66. The van der Waals surface area contributed by atoms with Crippen molar-refractivity contribution in [1.29, 1.82) is 0 Å². The lowest BCUT2D eigenvalue weighted by Crippen LogP contribution is -1.96. The summed E-state index contributed by atoms with van der Waals surface area (Å²) < 4.78 is 31.7. The Morgan fingerprint density at radius 2 is 1.94 bits per heavy atom. The predicted octanol–water partition coefficient (Wildman–Crippen LogP) is 2.62. The standard InChI is InChI=1S/C12H10F2N2O/c1-17-12-10(5-8(15)6-16-12)9-4-7(13)2-3-11(9)14/h2-6H,15H2,1H3. The minimum absolute atomic E-state index is 0.0710. The van der Waals surface area contributed by atoms with Crippen LogP contribution in [-0.4, -0.2) is 12.1 Å². The summed E-state index contributed by atoms with van der Waals surface area (Å²) in [6.07, 6.45) is 1.39. The van der Waals surface area contributed by atoms with Gasteiger partial charge in [-0.3, -0.25) is 0 Å². The zero-order chi connectivity index (χ0) is 12.4. The van der Waals surface area contributed by atoms with E-state index in [2.05, 4.69) is 4.98 Å². The number of hydrogen-bond acceptors (Lipinski definition) is 3. The molecule has 0 saturated carbocycles. The van der Waals surface area contributed by atoms with Crippen molar-refractivity contribution >= 4 is 5.69 Å². The second-order valence-electron chi connectivity index (χ2n) is 3.45. The normalized spacial score (nSPS) is 10.3. The van der Waals surface area contributed by atoms with E-state index < -0.39 is 11.6 Å². The number of halogens is 2. The predicted molar refractivity (Wildman–Crippen MR) is 60.6 cm³/mol. The number of nitrogen functional groups attached to an aromatic ring is 1. The van der Waals surface area contributed by atoms with Crippen molar-refractivity contribution in [3.05, 3.63) is 42.1 Å². The van der Waals surface area contributed by atoms with Crippen LogP contribution < -0.4 is 10.5 Å². The van der Waals surface area contributed by atoms with Crippen LogP contribution in [0.5, 0.6) is 5.88 Å². The van der Waals surface area contributed by atoms with E-state index >= 15 is 0 Å². The van der Waals surface area contributed by atoms with Gasteiger partial charge >= 0.3 is 0 Å². The summed E-state index contributed by atoms with van der Waals surface area (Å²) in [5.74, 6) is -0.897. The molecule has 0 bridgehead atoms. The molecule has 0 fully saturated rings. The Bertz CT molecular complexity index is 558. The number of benzene rings is 1. The van der Waals surface area contributed by atoms with E-state index in [4.69, 9.17) is 10.5 Å². The fraction of sp³-hybridized carbons (Fsp3) is 0.0833. The maximum absolute atomic E-state index is 13.6. The zero-order valence-corrected chi connectivity index (χ0v) is 9.08. The van der Waals surface area contributed by atoms with Crippen LogP contribution >= 0.6 is 0 Å². The lowest BCUT2D eigenvalue weighted by Gasteiger charge is -2.09. The van der Waals surface area contributed by atoms with Gasteiger partial charge in [-0.25, -0.2) is 13.8 Å². The van der Waals surface area contributed by atoms with E-state index in [-0.39, 0.29) is 11.4 Å². The summed E-state index contributed by atoms with van der Waals surface area (Å²) in [5.41, 5.74) is 6.32. The Hall–Kier alpha value is -2.17. The third kappa shape index (κ3) is 2.18. The number of hydrogen-bond donors (Lipinski definition) is 1. The molecule has 0 unspecified atom stereocenters. The summed E-state index contributed by atoms with van der Waals surface area (Å²) in [5, 5.41) is 0. The highest BCUT2D eigenvalue weighted by Gasteiger charge is 2.13. The first-order valence-corrected chi connectivity index (χ1v) is 4.86. The molecular weight excluding hydrogens is 226 g/mol. The molecule has 3 nitrogen and oxygen atoms in total. The van der Waals surface area contributed by atoms with E-state index in [1.165, 1.54) is 19.4 Å². The van der Waals surface area contributed by atoms with Crippen molar-refractivity contribution in [3.63, 3.8) is 0 Å². The molecule has 0 radical (unpaired) electrons. The van der Waals surface area contributed by atoms with Gasteiger partial charge in [-0.2, -0.15) is 0 Å². The van der Waals surface area contributed by atoms with Crippen molar-refractivity contribution < 1.29 is 13.5 Å². The highest BCUT2D eigenvalue weighted by atomic mass is 19.1. The number of nitrogens with zero attached hydrogens (tertiary/aromatic N) is 1. The van der Waals surface area contributed by atoms with E-state index in [9.17, 15) is 8.78 Å². The molecular formula is C12H10F2N2O. The maximum atomic E-state index is 13.6. The average molecular weight is 236 g/mol. The molecule has 0 aliphatic heterocycles. The van der Waals surface area contributed by atoms with Crippen LogP contribution in [0, 0.1) is 11.6 Å². The number of anilines is 1. The van der Waals surface area contributed by atoms with Gasteiger partial charge in [0.05, 0.1) is 19.0 Å². The van der Waals surface area contributed by atoms with Crippen molar-refractivity contribution in [3.8, 4) is 17.0 Å². The van der Waals surface area contributed by atoms with Gasteiger partial charge in [0.15, 0.2) is 0 Å². The van der Waals surface area contributed by atoms with E-state index in [1.54, 1.807) is 0 Å². The Kier molecular flexibility index (Phi) is 2.91. The molecule has 0 aliphatic rings. The summed E-state index contributed by atoms with van der Waals surface area (Å²) >= 11 is 0. The third-order valence-electron chi connectivity index (χ3n) is 2.28. The van der Waals surface area contributed by atoms with Crippen molar-refractivity contribution in [2.24, 2.45) is 0 Å². The smallest absolute Gasteiger partial charge is 0.221 e. The molecule has 0 spiro atoms. The van der Waals surface area contributed by atoms with Gasteiger partial charge in [-0.15, -0.1) is 0 Å². The number of pyridine rings is 1. The van der Waals surface area contributed by atoms with Gasteiger partial charge in [-0.1, -0.05) is 0 Å². The summed E-state index contributed by atoms with van der Waals surface area (Å²) in [7, 11) is 1.40. The SMILES string of the molecule is COc1ncc(N)cc1-c1cc(F)ccc1F. The first-order valence-electron chi connectivity index (χ1n) is 4.86. The van der Waals surface area contributed by atoms with E-state index in [0.717, 1.165) is 18.2 Å². The van der Waals surface area contributed by atoms with Crippen LogP contribution in [0.25, 0.3) is 11.1 Å². The molecule has 2 aromatic rings. The molecule has 2 rings (SSSR count). The minimum Gasteiger partial charge on any atom is -0.481 e. The monoisotopic (exact) mass is 236 g/mol. The topological polar surface area (TPSA) is 48.1 Å². The molecule has 5 heteroatoms. The van der Waals surface area contributed by atoms with Crippen molar-refractivity contribution in [1.82, 2.24) is 4.98 Å². The molecule has 0 aliphatic carbocycles. The highest BCUT2D eigenvalue weighted by molar-refractivity contribution is 5.72. The molecule has 1 heterocycles. The number of rotatable bonds is 2. The van der Waals surface area contributed by atoms with Crippen LogP contribution in [0.1, 0.15) is 0 Å². The van der Waals surface area contributed by atoms with Gasteiger partial charge in [0.1, 0.15) is 11.6 Å². The maximum Gasteiger partial charge on any atom is 0.221 e. The Morgan fingerprint density at radius 1 is 1.18 bits per heavy atom. The fourth-order valence-electron chi connectivity index (χ4n) is 1.53. The second-order valence-corrected chi connectivity index (χ2v) is 3.45. The molecule has 0 amide bonds. The Labute approximate surface area is 96.9 Å². The van der Waals surface area contributed by atoms with Gasteiger partial charge in [0.25, 0.3) is 0 Å². The first kappa shape index (κ1) is 11.3. The van der Waals surface area contributed by atoms with Crippen LogP contribution in [-0.2, 0) is 0 Å². The molecule has 0 atom stereocenters. The largest absolute Gasteiger partial charge is 0.481 e. The average Bonchev–Trinajstić information content (AvgIpc) is 2.32. The molecule has 2 N–H and O–H groups in total. The van der Waals surface area contributed by atoms with E-state index in [0.29, 0.717) is 11.3 Å². The van der Waals surface area contributed by atoms with Gasteiger partial charge in [-0.05, 0) is 24.3 Å².